The van der Waals surface area contributed by atoms with Crippen molar-refractivity contribution < 1.29 is 17.1 Å². The minimum absolute atomic E-state index is 0. The van der Waals surface area contributed by atoms with Gasteiger partial charge in [-0.05, 0) is 10.8 Å². The van der Waals surface area contributed by atoms with Crippen LogP contribution in [0.4, 0.5) is 0 Å². The van der Waals surface area contributed by atoms with Crippen LogP contribution in [0.2, 0.25) is 0 Å². The van der Waals surface area contributed by atoms with E-state index >= 15 is 0 Å². The maximum absolute atomic E-state index is 2.33. The Balaban J connectivity index is 0.000000483. The zero-order valence-corrected chi connectivity index (χ0v) is 20.9. The predicted octanol–water partition coefficient (Wildman–Crippen LogP) is 8.00. The summed E-state index contributed by atoms with van der Waals surface area (Å²) in [6.45, 7) is 27.1. The van der Waals surface area contributed by atoms with Gasteiger partial charge in [0.25, 0.3) is 0 Å². The summed E-state index contributed by atoms with van der Waals surface area (Å²) in [6, 6.07) is 13.7. The number of rotatable bonds is 0. The maximum atomic E-state index is 2.33. The molecule has 0 aliphatic heterocycles. The molecule has 1 heteroatoms. The van der Waals surface area contributed by atoms with Gasteiger partial charge in [0.15, 0.2) is 0 Å². The Labute approximate surface area is 180 Å². The smallest absolute Gasteiger partial charge is 0.206 e. The van der Waals surface area contributed by atoms with Crippen LogP contribution in [-0.2, 0) is 38.7 Å². The van der Waals surface area contributed by atoms with Gasteiger partial charge in [-0.15, -0.1) is 0 Å². The molecule has 0 fully saturated rings. The molecule has 2 rings (SSSR count). The summed E-state index contributed by atoms with van der Waals surface area (Å²) >= 11 is 0. The molecule has 2 aromatic rings. The molecule has 0 saturated carbocycles. The molecule has 0 atom stereocenters. The molecule has 0 aliphatic carbocycles. The SMILES string of the molecule is CC(C)(C)c1c[cH-]c(C(C)(C)C)c1.CC(C)(C)c1c[cH-]c(C(C)(C)C)c1.[Fe+2]. The molecular formula is C26H42Fe. The second kappa shape index (κ2) is 8.71. The minimum Gasteiger partial charge on any atom is -0.206 e. The van der Waals surface area contributed by atoms with E-state index in [1.807, 2.05) is 0 Å². The number of hydrogen-bond acceptors (Lipinski definition) is 0. The van der Waals surface area contributed by atoms with Gasteiger partial charge in [0.2, 0.25) is 0 Å². The van der Waals surface area contributed by atoms with Gasteiger partial charge in [0, 0.05) is 0 Å². The van der Waals surface area contributed by atoms with Crippen molar-refractivity contribution in [3.05, 3.63) is 58.7 Å². The van der Waals surface area contributed by atoms with Crippen LogP contribution in [0.5, 0.6) is 0 Å². The molecule has 0 spiro atoms. The van der Waals surface area contributed by atoms with Crippen LogP contribution in [0.15, 0.2) is 36.4 Å². The van der Waals surface area contributed by atoms with Gasteiger partial charge in [-0.1, -0.05) is 93.9 Å². The van der Waals surface area contributed by atoms with E-state index in [1.54, 1.807) is 0 Å². The first-order valence-electron chi connectivity index (χ1n) is 9.98. The first kappa shape index (κ1) is 26.2. The largest absolute Gasteiger partial charge is 2.00 e. The van der Waals surface area contributed by atoms with E-state index in [2.05, 4.69) is 119 Å². The third-order valence-corrected chi connectivity index (χ3v) is 4.97. The number of hydrogen-bond donors (Lipinski definition) is 0. The molecular weight excluding hydrogens is 368 g/mol. The summed E-state index contributed by atoms with van der Waals surface area (Å²) in [5.74, 6) is 0. The van der Waals surface area contributed by atoms with Crippen molar-refractivity contribution in [1.82, 2.24) is 0 Å². The predicted molar refractivity (Wildman–Crippen MR) is 119 cm³/mol. The van der Waals surface area contributed by atoms with Gasteiger partial charge >= 0.3 is 17.1 Å². The first-order valence-corrected chi connectivity index (χ1v) is 9.98. The van der Waals surface area contributed by atoms with E-state index < -0.39 is 0 Å². The Morgan fingerprint density at radius 3 is 0.852 bits per heavy atom. The summed E-state index contributed by atoms with van der Waals surface area (Å²) in [6.07, 6.45) is 0. The fourth-order valence-electron chi connectivity index (χ4n) is 2.75. The van der Waals surface area contributed by atoms with E-state index in [1.165, 1.54) is 22.3 Å². The molecule has 0 unspecified atom stereocenters. The Hall–Kier alpha value is -0.781. The summed E-state index contributed by atoms with van der Waals surface area (Å²) < 4.78 is 0. The van der Waals surface area contributed by atoms with Gasteiger partial charge in [-0.2, -0.15) is 46.5 Å². The second-order valence-corrected chi connectivity index (χ2v) is 11.8. The van der Waals surface area contributed by atoms with Crippen molar-refractivity contribution in [2.45, 2.75) is 105 Å². The molecule has 0 heterocycles. The molecule has 0 saturated heterocycles. The van der Waals surface area contributed by atoms with Gasteiger partial charge in [0.1, 0.15) is 0 Å². The van der Waals surface area contributed by atoms with E-state index in [-0.39, 0.29) is 38.7 Å². The summed E-state index contributed by atoms with van der Waals surface area (Å²) in [5, 5.41) is 0. The fraction of sp³-hybridized carbons (Fsp3) is 0.615. The molecule has 0 bridgehead atoms. The van der Waals surface area contributed by atoms with Crippen LogP contribution in [0, 0.1) is 0 Å². The van der Waals surface area contributed by atoms with Crippen LogP contribution in [0.25, 0.3) is 0 Å². The maximum Gasteiger partial charge on any atom is 2.00 e. The van der Waals surface area contributed by atoms with Crippen molar-refractivity contribution >= 4 is 0 Å². The van der Waals surface area contributed by atoms with Crippen LogP contribution in [0.3, 0.4) is 0 Å². The zero-order valence-electron chi connectivity index (χ0n) is 19.8. The quantitative estimate of drug-likeness (QED) is 0.305. The Morgan fingerprint density at radius 2 is 0.741 bits per heavy atom. The third kappa shape index (κ3) is 8.00. The van der Waals surface area contributed by atoms with Crippen molar-refractivity contribution in [3.63, 3.8) is 0 Å². The van der Waals surface area contributed by atoms with Crippen molar-refractivity contribution in [2.75, 3.05) is 0 Å². The zero-order chi connectivity index (χ0) is 20.6. The monoisotopic (exact) mass is 410 g/mol. The summed E-state index contributed by atoms with van der Waals surface area (Å²) in [4.78, 5) is 0. The average Bonchev–Trinajstić information content (AvgIpc) is 3.06. The van der Waals surface area contributed by atoms with Gasteiger partial charge in [-0.25, -0.2) is 12.1 Å². The molecule has 0 aromatic heterocycles. The Morgan fingerprint density at radius 1 is 0.481 bits per heavy atom. The normalized spacial score (nSPS) is 12.9. The van der Waals surface area contributed by atoms with Gasteiger partial charge in [-0.3, -0.25) is 0 Å². The fourth-order valence-corrected chi connectivity index (χ4v) is 2.75. The Kier molecular flexibility index (Phi) is 8.46. The molecule has 27 heavy (non-hydrogen) atoms. The van der Waals surface area contributed by atoms with Crippen molar-refractivity contribution in [3.8, 4) is 0 Å². The molecule has 154 valence electrons. The topological polar surface area (TPSA) is 0 Å². The first-order chi connectivity index (χ1) is 11.4. The van der Waals surface area contributed by atoms with E-state index in [4.69, 9.17) is 0 Å². The molecule has 2 aromatic carbocycles. The molecule has 0 N–H and O–H groups in total. The van der Waals surface area contributed by atoms with E-state index in [0.29, 0.717) is 0 Å². The van der Waals surface area contributed by atoms with Gasteiger partial charge in [0.05, 0.1) is 0 Å². The average molecular weight is 410 g/mol. The Bertz CT molecular complexity index is 563. The second-order valence-electron chi connectivity index (χ2n) is 11.8. The third-order valence-electron chi connectivity index (χ3n) is 4.97. The van der Waals surface area contributed by atoms with Crippen LogP contribution in [-0.4, -0.2) is 0 Å². The van der Waals surface area contributed by atoms with Crippen molar-refractivity contribution in [1.29, 1.82) is 0 Å². The van der Waals surface area contributed by atoms with Gasteiger partial charge < -0.3 is 0 Å². The standard InChI is InChI=1S/2C13H21.Fe/c2*1-12(2,3)10-7-8-11(9-10)13(4,5)6;/h2*7-9H,1-6H3;/q2*-1;+2. The molecule has 0 radical (unpaired) electrons. The summed E-state index contributed by atoms with van der Waals surface area (Å²) in [7, 11) is 0. The van der Waals surface area contributed by atoms with Crippen LogP contribution in [0.1, 0.15) is 105 Å². The van der Waals surface area contributed by atoms with E-state index in [9.17, 15) is 0 Å². The summed E-state index contributed by atoms with van der Waals surface area (Å²) in [5.41, 5.74) is 6.89. The van der Waals surface area contributed by atoms with E-state index in [0.717, 1.165) is 0 Å². The minimum atomic E-state index is 0. The van der Waals surface area contributed by atoms with Crippen molar-refractivity contribution in [2.24, 2.45) is 0 Å². The van der Waals surface area contributed by atoms with Crippen LogP contribution >= 0.6 is 0 Å². The van der Waals surface area contributed by atoms with Crippen LogP contribution < -0.4 is 0 Å². The molecule has 0 nitrogen and oxygen atoms in total. The molecule has 0 aliphatic rings. The molecule has 0 amide bonds.